The summed E-state index contributed by atoms with van der Waals surface area (Å²) in [6.45, 7) is 3.66. The van der Waals surface area contributed by atoms with Crippen LogP contribution in [0, 0.1) is 6.92 Å². The first-order valence-corrected chi connectivity index (χ1v) is 7.70. The van der Waals surface area contributed by atoms with Gasteiger partial charge in [-0.3, -0.25) is 0 Å². The number of halogens is 1. The van der Waals surface area contributed by atoms with Gasteiger partial charge in [-0.2, -0.15) is 4.98 Å². The molecule has 23 heavy (non-hydrogen) atoms. The Morgan fingerprint density at radius 1 is 1.22 bits per heavy atom. The van der Waals surface area contributed by atoms with E-state index in [2.05, 4.69) is 25.5 Å². The van der Waals surface area contributed by atoms with Crippen molar-refractivity contribution in [1.29, 1.82) is 0 Å². The summed E-state index contributed by atoms with van der Waals surface area (Å²) in [6, 6.07) is 7.27. The van der Waals surface area contributed by atoms with Crippen molar-refractivity contribution in [1.82, 2.24) is 14.9 Å². The Hall–Kier alpha value is -2.05. The van der Waals surface area contributed by atoms with Gasteiger partial charge in [-0.05, 0) is 39.2 Å². The monoisotopic (exact) mass is 335 g/mol. The topological polar surface area (TPSA) is 62.3 Å². The average Bonchev–Trinajstić information content (AvgIpc) is 2.46. The van der Waals surface area contributed by atoms with Gasteiger partial charge >= 0.3 is 0 Å². The lowest BCUT2D eigenvalue weighted by molar-refractivity contribution is 0.417. The molecule has 0 spiro atoms. The predicted molar refractivity (Wildman–Crippen MR) is 95.1 cm³/mol. The molecule has 6 nitrogen and oxygen atoms in total. The van der Waals surface area contributed by atoms with Crippen LogP contribution in [0.4, 0.5) is 17.5 Å². The number of methoxy groups -OCH3 is 1. The molecule has 7 heteroatoms. The number of aromatic nitrogens is 2. The Kier molecular flexibility index (Phi) is 6.01. The van der Waals surface area contributed by atoms with E-state index >= 15 is 0 Å². The maximum absolute atomic E-state index is 6.05. The quantitative estimate of drug-likeness (QED) is 0.810. The molecule has 0 radical (unpaired) electrons. The highest BCUT2D eigenvalue weighted by Gasteiger charge is 2.08. The van der Waals surface area contributed by atoms with Crippen LogP contribution in [-0.4, -0.2) is 49.2 Å². The zero-order chi connectivity index (χ0) is 16.8. The van der Waals surface area contributed by atoms with Gasteiger partial charge in [-0.25, -0.2) is 4.98 Å². The molecule has 0 aliphatic carbocycles. The zero-order valence-corrected chi connectivity index (χ0v) is 14.6. The van der Waals surface area contributed by atoms with Gasteiger partial charge in [0.05, 0.1) is 12.8 Å². The number of benzene rings is 1. The van der Waals surface area contributed by atoms with E-state index in [1.54, 1.807) is 25.3 Å². The van der Waals surface area contributed by atoms with Crippen LogP contribution in [0.2, 0.25) is 5.02 Å². The number of rotatable bonds is 7. The first-order valence-electron chi connectivity index (χ1n) is 7.33. The van der Waals surface area contributed by atoms with Gasteiger partial charge in [-0.1, -0.05) is 11.6 Å². The number of aryl methyl sites for hydroxylation is 1. The number of nitrogens with zero attached hydrogens (tertiary/aromatic N) is 3. The first kappa shape index (κ1) is 17.3. The highest BCUT2D eigenvalue weighted by molar-refractivity contribution is 6.30. The lowest BCUT2D eigenvalue weighted by Gasteiger charge is -2.13. The van der Waals surface area contributed by atoms with E-state index in [1.807, 2.05) is 27.1 Å². The van der Waals surface area contributed by atoms with Crippen molar-refractivity contribution in [3.63, 3.8) is 0 Å². The van der Waals surface area contributed by atoms with Crippen molar-refractivity contribution in [2.75, 3.05) is 44.9 Å². The molecule has 0 bridgehead atoms. The van der Waals surface area contributed by atoms with Crippen LogP contribution >= 0.6 is 11.6 Å². The van der Waals surface area contributed by atoms with Gasteiger partial charge in [0, 0.05) is 29.9 Å². The van der Waals surface area contributed by atoms with Gasteiger partial charge in [0.2, 0.25) is 5.95 Å². The van der Waals surface area contributed by atoms with Crippen molar-refractivity contribution >= 4 is 29.1 Å². The molecular weight excluding hydrogens is 314 g/mol. The van der Waals surface area contributed by atoms with E-state index in [1.165, 1.54) is 0 Å². The van der Waals surface area contributed by atoms with Crippen LogP contribution in [-0.2, 0) is 0 Å². The molecule has 0 saturated heterocycles. The minimum absolute atomic E-state index is 0.498. The molecule has 0 amide bonds. The molecule has 2 N–H and O–H groups in total. The molecule has 0 fully saturated rings. The number of anilines is 3. The van der Waals surface area contributed by atoms with Gasteiger partial charge in [0.25, 0.3) is 0 Å². The fraction of sp³-hybridized carbons (Fsp3) is 0.375. The molecule has 0 aliphatic heterocycles. The summed E-state index contributed by atoms with van der Waals surface area (Å²) in [5.41, 5.74) is 1.60. The summed E-state index contributed by atoms with van der Waals surface area (Å²) in [5.74, 6) is 1.96. The van der Waals surface area contributed by atoms with E-state index in [-0.39, 0.29) is 0 Å². The summed E-state index contributed by atoms with van der Waals surface area (Å²) in [5, 5.41) is 7.07. The number of hydrogen-bond acceptors (Lipinski definition) is 6. The van der Waals surface area contributed by atoms with Crippen LogP contribution in [0.3, 0.4) is 0 Å². The van der Waals surface area contributed by atoms with Crippen LogP contribution in [0.15, 0.2) is 24.3 Å². The molecule has 1 aromatic heterocycles. The first-order chi connectivity index (χ1) is 11.0. The van der Waals surface area contributed by atoms with Gasteiger partial charge in [0.15, 0.2) is 0 Å². The molecular formula is C16H22ClN5O. The largest absolute Gasteiger partial charge is 0.495 e. The van der Waals surface area contributed by atoms with Crippen molar-refractivity contribution in [3.8, 4) is 5.75 Å². The van der Waals surface area contributed by atoms with Crippen molar-refractivity contribution in [2.24, 2.45) is 0 Å². The molecule has 1 heterocycles. The minimum atomic E-state index is 0.498. The van der Waals surface area contributed by atoms with E-state index < -0.39 is 0 Å². The smallest absolute Gasteiger partial charge is 0.229 e. The Balaban J connectivity index is 2.17. The summed E-state index contributed by atoms with van der Waals surface area (Å²) in [4.78, 5) is 11.0. The fourth-order valence-electron chi connectivity index (χ4n) is 2.02. The van der Waals surface area contributed by atoms with Crippen LogP contribution in [0.1, 0.15) is 5.69 Å². The third-order valence-electron chi connectivity index (χ3n) is 3.13. The highest BCUT2D eigenvalue weighted by Crippen LogP contribution is 2.29. The molecule has 1 aromatic carbocycles. The summed E-state index contributed by atoms with van der Waals surface area (Å²) in [7, 11) is 5.68. The predicted octanol–water partition coefficient (Wildman–Crippen LogP) is 3.16. The maximum Gasteiger partial charge on any atom is 0.229 e. The van der Waals surface area contributed by atoms with Crippen LogP contribution < -0.4 is 15.4 Å². The third-order valence-corrected chi connectivity index (χ3v) is 3.36. The number of ether oxygens (including phenoxy) is 1. The number of likely N-dealkylation sites (N-methyl/N-ethyl adjacent to an activating group) is 1. The molecule has 0 unspecified atom stereocenters. The zero-order valence-electron chi connectivity index (χ0n) is 13.9. The normalized spacial score (nSPS) is 10.7. The Bertz CT molecular complexity index is 663. The van der Waals surface area contributed by atoms with Crippen molar-refractivity contribution in [3.05, 3.63) is 35.0 Å². The average molecular weight is 336 g/mol. The van der Waals surface area contributed by atoms with Crippen molar-refractivity contribution < 1.29 is 4.74 Å². The number of nitrogens with one attached hydrogen (secondary N) is 2. The Morgan fingerprint density at radius 2 is 2.00 bits per heavy atom. The summed E-state index contributed by atoms with van der Waals surface area (Å²) in [6.07, 6.45) is 0. The lowest BCUT2D eigenvalue weighted by atomic mass is 10.3. The summed E-state index contributed by atoms with van der Waals surface area (Å²) < 4.78 is 5.33. The van der Waals surface area contributed by atoms with Crippen molar-refractivity contribution in [2.45, 2.75) is 6.92 Å². The Labute approximate surface area is 141 Å². The van der Waals surface area contributed by atoms with Crippen LogP contribution in [0.25, 0.3) is 0 Å². The van der Waals surface area contributed by atoms with E-state index in [9.17, 15) is 0 Å². The Morgan fingerprint density at radius 3 is 2.70 bits per heavy atom. The second-order valence-corrected chi connectivity index (χ2v) is 5.85. The molecule has 2 aromatic rings. The SMILES string of the molecule is COc1ccc(Cl)cc1Nc1nc(C)cc(NCCN(C)C)n1. The van der Waals surface area contributed by atoms with E-state index in [0.717, 1.165) is 30.3 Å². The van der Waals surface area contributed by atoms with Gasteiger partial charge in [-0.15, -0.1) is 0 Å². The lowest BCUT2D eigenvalue weighted by Crippen LogP contribution is -2.21. The molecule has 0 atom stereocenters. The summed E-state index contributed by atoms with van der Waals surface area (Å²) >= 11 is 6.05. The molecule has 0 aliphatic rings. The van der Waals surface area contributed by atoms with Crippen LogP contribution in [0.5, 0.6) is 5.75 Å². The second kappa shape index (κ2) is 7.99. The fourth-order valence-corrected chi connectivity index (χ4v) is 2.19. The highest BCUT2D eigenvalue weighted by atomic mass is 35.5. The van der Waals surface area contributed by atoms with Gasteiger partial charge in [0.1, 0.15) is 11.6 Å². The molecule has 2 rings (SSSR count). The second-order valence-electron chi connectivity index (χ2n) is 5.42. The molecule has 124 valence electrons. The standard InChI is InChI=1S/C16H22ClN5O/c1-11-9-15(18-7-8-22(2)3)21-16(19-11)20-13-10-12(17)5-6-14(13)23-4/h5-6,9-10H,7-8H2,1-4H3,(H2,18,19,20,21). The maximum atomic E-state index is 6.05. The van der Waals surface area contributed by atoms with Gasteiger partial charge < -0.3 is 20.3 Å². The third kappa shape index (κ3) is 5.26. The van der Waals surface area contributed by atoms with E-state index in [0.29, 0.717) is 16.7 Å². The van der Waals surface area contributed by atoms with E-state index in [4.69, 9.17) is 16.3 Å². The molecule has 0 saturated carbocycles. The number of hydrogen-bond donors (Lipinski definition) is 2. The minimum Gasteiger partial charge on any atom is -0.495 e.